The molecule has 1 N–H and O–H groups in total. The minimum absolute atomic E-state index is 0.161. The van der Waals surface area contributed by atoms with E-state index in [-0.39, 0.29) is 11.3 Å². The standard InChI is InChI=1S/C17H27NO/c1-5-6-13-18-16(19)12-9-14-7-10-15(11-8-14)17(2,3)4/h7-8,10-11H,5-6,9,12-13H2,1-4H3,(H,18,19). The summed E-state index contributed by atoms with van der Waals surface area (Å²) in [6, 6.07) is 8.62. The first kappa shape index (κ1) is 15.7. The Morgan fingerprint density at radius 2 is 1.79 bits per heavy atom. The van der Waals surface area contributed by atoms with Crippen molar-refractivity contribution in [3.8, 4) is 0 Å². The monoisotopic (exact) mass is 261 g/mol. The smallest absolute Gasteiger partial charge is 0.220 e. The molecule has 0 aromatic heterocycles. The average Bonchev–Trinajstić information content (AvgIpc) is 2.36. The molecule has 0 fully saturated rings. The molecule has 1 aromatic rings. The van der Waals surface area contributed by atoms with Crippen molar-refractivity contribution < 1.29 is 4.79 Å². The van der Waals surface area contributed by atoms with Crippen molar-refractivity contribution in [2.75, 3.05) is 6.54 Å². The fourth-order valence-corrected chi connectivity index (χ4v) is 1.92. The molecule has 19 heavy (non-hydrogen) atoms. The quantitative estimate of drug-likeness (QED) is 0.775. The molecule has 1 rings (SSSR count). The summed E-state index contributed by atoms with van der Waals surface area (Å²) in [7, 11) is 0. The van der Waals surface area contributed by atoms with E-state index in [0.717, 1.165) is 25.8 Å². The predicted molar refractivity (Wildman–Crippen MR) is 81.4 cm³/mol. The zero-order chi connectivity index (χ0) is 14.3. The number of rotatable bonds is 6. The van der Waals surface area contributed by atoms with Gasteiger partial charge in [-0.1, -0.05) is 58.4 Å². The minimum Gasteiger partial charge on any atom is -0.356 e. The van der Waals surface area contributed by atoms with E-state index in [4.69, 9.17) is 0 Å². The van der Waals surface area contributed by atoms with E-state index >= 15 is 0 Å². The second-order valence-corrected chi connectivity index (χ2v) is 6.15. The molecule has 2 heteroatoms. The molecule has 0 saturated heterocycles. The van der Waals surface area contributed by atoms with Crippen molar-refractivity contribution in [1.82, 2.24) is 5.32 Å². The molecule has 0 atom stereocenters. The van der Waals surface area contributed by atoms with Crippen LogP contribution in [-0.4, -0.2) is 12.5 Å². The van der Waals surface area contributed by atoms with E-state index in [1.807, 2.05) is 0 Å². The van der Waals surface area contributed by atoms with Crippen molar-refractivity contribution in [3.05, 3.63) is 35.4 Å². The molecule has 0 aliphatic heterocycles. The van der Waals surface area contributed by atoms with Gasteiger partial charge in [0.2, 0.25) is 5.91 Å². The molecule has 2 nitrogen and oxygen atoms in total. The minimum atomic E-state index is 0.161. The molecule has 0 bridgehead atoms. The molecule has 0 saturated carbocycles. The van der Waals surface area contributed by atoms with E-state index < -0.39 is 0 Å². The third-order valence-corrected chi connectivity index (χ3v) is 3.31. The second kappa shape index (κ2) is 7.32. The number of amides is 1. The summed E-state index contributed by atoms with van der Waals surface area (Å²) < 4.78 is 0. The van der Waals surface area contributed by atoms with E-state index in [0.29, 0.717) is 6.42 Å². The number of carbonyl (C=O) groups excluding carboxylic acids is 1. The topological polar surface area (TPSA) is 29.1 Å². The van der Waals surface area contributed by atoms with Crippen LogP contribution in [0, 0.1) is 0 Å². The maximum Gasteiger partial charge on any atom is 0.220 e. The molecular weight excluding hydrogens is 234 g/mol. The Labute approximate surface area is 117 Å². The zero-order valence-corrected chi connectivity index (χ0v) is 12.8. The summed E-state index contributed by atoms with van der Waals surface area (Å²) in [5.74, 6) is 0.161. The molecule has 0 heterocycles. The van der Waals surface area contributed by atoms with Gasteiger partial charge in [-0.2, -0.15) is 0 Å². The summed E-state index contributed by atoms with van der Waals surface area (Å²) in [4.78, 5) is 11.6. The highest BCUT2D eigenvalue weighted by molar-refractivity contribution is 5.76. The molecule has 0 unspecified atom stereocenters. The van der Waals surface area contributed by atoms with Crippen molar-refractivity contribution in [2.24, 2.45) is 0 Å². The van der Waals surface area contributed by atoms with Gasteiger partial charge in [0.25, 0.3) is 0 Å². The SMILES string of the molecule is CCCCNC(=O)CCc1ccc(C(C)(C)C)cc1. The average molecular weight is 261 g/mol. The van der Waals surface area contributed by atoms with Crippen molar-refractivity contribution >= 4 is 5.91 Å². The summed E-state index contributed by atoms with van der Waals surface area (Å²) in [6.45, 7) is 9.57. The van der Waals surface area contributed by atoms with Crippen LogP contribution < -0.4 is 5.32 Å². The van der Waals surface area contributed by atoms with Crippen molar-refractivity contribution in [2.45, 2.75) is 58.8 Å². The van der Waals surface area contributed by atoms with Gasteiger partial charge in [0.05, 0.1) is 0 Å². The molecule has 0 spiro atoms. The number of carbonyl (C=O) groups is 1. The number of hydrogen-bond acceptors (Lipinski definition) is 1. The van der Waals surface area contributed by atoms with Crippen LogP contribution >= 0.6 is 0 Å². The molecular formula is C17H27NO. The number of unbranched alkanes of at least 4 members (excludes halogenated alkanes) is 1. The third kappa shape index (κ3) is 5.91. The lowest BCUT2D eigenvalue weighted by Crippen LogP contribution is -2.24. The van der Waals surface area contributed by atoms with Gasteiger partial charge in [-0.25, -0.2) is 0 Å². The van der Waals surface area contributed by atoms with Gasteiger partial charge in [0.1, 0.15) is 0 Å². The van der Waals surface area contributed by atoms with E-state index in [1.165, 1.54) is 11.1 Å². The fraction of sp³-hybridized carbons (Fsp3) is 0.588. The summed E-state index contributed by atoms with van der Waals surface area (Å²) in [5, 5.41) is 2.95. The van der Waals surface area contributed by atoms with E-state index in [9.17, 15) is 4.79 Å². The summed E-state index contributed by atoms with van der Waals surface area (Å²) >= 11 is 0. The first-order valence-corrected chi connectivity index (χ1v) is 7.29. The van der Waals surface area contributed by atoms with E-state index in [1.54, 1.807) is 0 Å². The fourth-order valence-electron chi connectivity index (χ4n) is 1.92. The number of nitrogens with one attached hydrogen (secondary N) is 1. The predicted octanol–water partition coefficient (Wildman–Crippen LogP) is 3.83. The van der Waals surface area contributed by atoms with Gasteiger partial charge < -0.3 is 5.32 Å². The Bertz CT molecular complexity index is 387. The van der Waals surface area contributed by atoms with Crippen molar-refractivity contribution in [1.29, 1.82) is 0 Å². The number of benzene rings is 1. The van der Waals surface area contributed by atoms with Crippen molar-refractivity contribution in [3.63, 3.8) is 0 Å². The normalized spacial score (nSPS) is 11.4. The van der Waals surface area contributed by atoms with Gasteiger partial charge in [0.15, 0.2) is 0 Å². The Kier molecular flexibility index (Phi) is 6.07. The lowest BCUT2D eigenvalue weighted by atomic mass is 9.86. The van der Waals surface area contributed by atoms with Crippen LogP contribution in [0.5, 0.6) is 0 Å². The molecule has 0 aliphatic rings. The Hall–Kier alpha value is -1.31. The highest BCUT2D eigenvalue weighted by Crippen LogP contribution is 2.22. The maximum absolute atomic E-state index is 11.6. The zero-order valence-electron chi connectivity index (χ0n) is 12.8. The van der Waals surface area contributed by atoms with Crippen LogP contribution in [0.4, 0.5) is 0 Å². The largest absolute Gasteiger partial charge is 0.356 e. The Morgan fingerprint density at radius 1 is 1.16 bits per heavy atom. The first-order chi connectivity index (χ1) is 8.93. The summed E-state index contributed by atoms with van der Waals surface area (Å²) in [6.07, 6.45) is 3.58. The lowest BCUT2D eigenvalue weighted by Gasteiger charge is -2.19. The van der Waals surface area contributed by atoms with Crippen LogP contribution in [0.25, 0.3) is 0 Å². The Balaban J connectivity index is 2.40. The molecule has 0 radical (unpaired) electrons. The second-order valence-electron chi connectivity index (χ2n) is 6.15. The Morgan fingerprint density at radius 3 is 2.32 bits per heavy atom. The lowest BCUT2D eigenvalue weighted by molar-refractivity contribution is -0.121. The van der Waals surface area contributed by atoms with Gasteiger partial charge >= 0.3 is 0 Å². The van der Waals surface area contributed by atoms with Crippen LogP contribution in [0.3, 0.4) is 0 Å². The van der Waals surface area contributed by atoms with Crippen LogP contribution in [-0.2, 0) is 16.6 Å². The van der Waals surface area contributed by atoms with Gasteiger partial charge in [-0.3, -0.25) is 4.79 Å². The maximum atomic E-state index is 11.6. The number of hydrogen-bond donors (Lipinski definition) is 1. The number of aryl methyl sites for hydroxylation is 1. The third-order valence-electron chi connectivity index (χ3n) is 3.31. The molecule has 0 aliphatic carbocycles. The van der Waals surface area contributed by atoms with Gasteiger partial charge in [-0.15, -0.1) is 0 Å². The highest BCUT2D eigenvalue weighted by atomic mass is 16.1. The first-order valence-electron chi connectivity index (χ1n) is 7.29. The van der Waals surface area contributed by atoms with Gasteiger partial charge in [-0.05, 0) is 29.4 Å². The molecule has 1 aromatic carbocycles. The molecule has 1 amide bonds. The summed E-state index contributed by atoms with van der Waals surface area (Å²) in [5.41, 5.74) is 2.76. The van der Waals surface area contributed by atoms with Crippen LogP contribution in [0.2, 0.25) is 0 Å². The molecule has 106 valence electrons. The highest BCUT2D eigenvalue weighted by Gasteiger charge is 2.12. The van der Waals surface area contributed by atoms with Crippen LogP contribution in [0.15, 0.2) is 24.3 Å². The van der Waals surface area contributed by atoms with Gasteiger partial charge in [0, 0.05) is 13.0 Å². The van der Waals surface area contributed by atoms with E-state index in [2.05, 4.69) is 57.3 Å². The van der Waals surface area contributed by atoms with Crippen LogP contribution in [0.1, 0.15) is 58.1 Å².